The third-order valence-corrected chi connectivity index (χ3v) is 5.21. The van der Waals surface area contributed by atoms with E-state index in [2.05, 4.69) is 27.2 Å². The third kappa shape index (κ3) is 8.07. The molecule has 1 amide bonds. The highest BCUT2D eigenvalue weighted by Gasteiger charge is 2.13. The fourth-order valence-electron chi connectivity index (χ4n) is 3.29. The van der Waals surface area contributed by atoms with Gasteiger partial charge in [0, 0.05) is 41.9 Å². The van der Waals surface area contributed by atoms with E-state index in [1.807, 2.05) is 52.0 Å². The van der Waals surface area contributed by atoms with Crippen molar-refractivity contribution in [3.05, 3.63) is 88.8 Å². The molecule has 2 rings (SSSR count). The molecular formula is C28H34N4O3. The number of esters is 1. The number of hydrogen-bond acceptors (Lipinski definition) is 6. The van der Waals surface area contributed by atoms with E-state index in [1.54, 1.807) is 37.5 Å². The number of carbonyl (C=O) groups excluding carboxylic acids is 2. The first kappa shape index (κ1) is 27.2. The Kier molecular flexibility index (Phi) is 10.1. The van der Waals surface area contributed by atoms with Crippen LogP contribution in [-0.2, 0) is 4.74 Å². The molecular weight excluding hydrogens is 440 g/mol. The van der Waals surface area contributed by atoms with Crippen LogP contribution in [0.2, 0.25) is 0 Å². The molecule has 7 nitrogen and oxygen atoms in total. The number of allylic oxidation sites excluding steroid dienone is 2. The molecule has 2 aromatic rings. The van der Waals surface area contributed by atoms with Gasteiger partial charge in [-0.05, 0) is 81.7 Å². The summed E-state index contributed by atoms with van der Waals surface area (Å²) in [5, 5.41) is 6.34. The number of aliphatic imine (C=N–C) groups is 2. The fourth-order valence-corrected chi connectivity index (χ4v) is 3.29. The fraction of sp³-hybridized carbons (Fsp3) is 0.286. The minimum Gasteiger partial charge on any atom is -0.465 e. The minimum absolute atomic E-state index is 0.0162. The monoisotopic (exact) mass is 474 g/mol. The SMILES string of the molecule is C=C(C)C(C=NCC)=N/C=C(\C)N[C@@H](C)c1cccc(NC(=O)c2ccc(C(=O)OC)c(C)c2)c1. The Morgan fingerprint density at radius 1 is 1.17 bits per heavy atom. The summed E-state index contributed by atoms with van der Waals surface area (Å²) in [5.74, 6) is -0.683. The van der Waals surface area contributed by atoms with Crippen LogP contribution in [0.4, 0.5) is 5.69 Å². The zero-order valence-corrected chi connectivity index (χ0v) is 21.3. The van der Waals surface area contributed by atoms with Gasteiger partial charge >= 0.3 is 5.97 Å². The average molecular weight is 475 g/mol. The molecule has 0 saturated heterocycles. The Balaban J connectivity index is 2.11. The van der Waals surface area contributed by atoms with E-state index in [-0.39, 0.29) is 11.9 Å². The first-order chi connectivity index (χ1) is 16.7. The van der Waals surface area contributed by atoms with Crippen molar-refractivity contribution >= 4 is 29.5 Å². The van der Waals surface area contributed by atoms with Crippen LogP contribution in [0.25, 0.3) is 0 Å². The van der Waals surface area contributed by atoms with Crippen molar-refractivity contribution in [3.63, 3.8) is 0 Å². The molecule has 0 unspecified atom stereocenters. The molecule has 2 aromatic carbocycles. The molecule has 1 atom stereocenters. The van der Waals surface area contributed by atoms with Gasteiger partial charge in [0.2, 0.25) is 0 Å². The molecule has 0 bridgehead atoms. The summed E-state index contributed by atoms with van der Waals surface area (Å²) in [6.45, 7) is 14.2. The lowest BCUT2D eigenvalue weighted by molar-refractivity contribution is 0.0599. The molecule has 7 heteroatoms. The molecule has 0 aromatic heterocycles. The van der Waals surface area contributed by atoms with Gasteiger partial charge in [-0.25, -0.2) is 4.79 Å². The maximum absolute atomic E-state index is 12.8. The Morgan fingerprint density at radius 3 is 2.54 bits per heavy atom. The van der Waals surface area contributed by atoms with Crippen LogP contribution >= 0.6 is 0 Å². The number of benzene rings is 2. The predicted molar refractivity (Wildman–Crippen MR) is 144 cm³/mol. The summed E-state index contributed by atoms with van der Waals surface area (Å²) in [7, 11) is 1.33. The highest BCUT2D eigenvalue weighted by Crippen LogP contribution is 2.20. The molecule has 0 radical (unpaired) electrons. The number of rotatable bonds is 10. The van der Waals surface area contributed by atoms with Crippen LogP contribution in [0, 0.1) is 6.92 Å². The minimum atomic E-state index is -0.427. The summed E-state index contributed by atoms with van der Waals surface area (Å²) in [6.07, 6.45) is 3.49. The van der Waals surface area contributed by atoms with Crippen LogP contribution < -0.4 is 10.6 Å². The number of nitrogens with one attached hydrogen (secondary N) is 2. The Bertz CT molecular complexity index is 1180. The number of hydrogen-bond donors (Lipinski definition) is 2. The second kappa shape index (κ2) is 13.0. The normalized spacial score (nSPS) is 12.9. The lowest BCUT2D eigenvalue weighted by Crippen LogP contribution is -2.17. The molecule has 0 spiro atoms. The Morgan fingerprint density at radius 2 is 1.91 bits per heavy atom. The van der Waals surface area contributed by atoms with Gasteiger partial charge in [0.25, 0.3) is 5.91 Å². The van der Waals surface area contributed by atoms with Crippen LogP contribution in [0.15, 0.2) is 76.5 Å². The van der Waals surface area contributed by atoms with Crippen molar-refractivity contribution in [2.24, 2.45) is 9.98 Å². The summed E-state index contributed by atoms with van der Waals surface area (Å²) in [4.78, 5) is 33.3. The molecule has 2 N–H and O–H groups in total. The van der Waals surface area contributed by atoms with E-state index < -0.39 is 5.97 Å². The van der Waals surface area contributed by atoms with Crippen LogP contribution in [0.1, 0.15) is 65.6 Å². The topological polar surface area (TPSA) is 92.1 Å². The number of ether oxygens (including phenoxy) is 1. The molecule has 0 aliphatic rings. The molecule has 0 saturated carbocycles. The average Bonchev–Trinajstić information content (AvgIpc) is 2.83. The van der Waals surface area contributed by atoms with Gasteiger partial charge in [-0.2, -0.15) is 0 Å². The number of nitrogens with zero attached hydrogens (tertiary/aromatic N) is 2. The van der Waals surface area contributed by atoms with Crippen molar-refractivity contribution in [2.75, 3.05) is 19.0 Å². The highest BCUT2D eigenvalue weighted by atomic mass is 16.5. The number of methoxy groups -OCH3 is 1. The Labute approximate surface area is 207 Å². The molecule has 184 valence electrons. The highest BCUT2D eigenvalue weighted by molar-refractivity contribution is 6.37. The summed E-state index contributed by atoms with van der Waals surface area (Å²) in [6, 6.07) is 12.5. The van der Waals surface area contributed by atoms with Gasteiger partial charge in [0.05, 0.1) is 18.4 Å². The second-order valence-electron chi connectivity index (χ2n) is 8.20. The smallest absolute Gasteiger partial charge is 0.338 e. The van der Waals surface area contributed by atoms with Gasteiger partial charge in [-0.15, -0.1) is 0 Å². The van der Waals surface area contributed by atoms with Crippen molar-refractivity contribution in [1.29, 1.82) is 0 Å². The van der Waals surface area contributed by atoms with Gasteiger partial charge in [0.1, 0.15) is 0 Å². The molecule has 0 aliphatic heterocycles. The molecule has 0 fully saturated rings. The zero-order chi connectivity index (χ0) is 26.0. The van der Waals surface area contributed by atoms with Crippen molar-refractivity contribution in [1.82, 2.24) is 5.32 Å². The lowest BCUT2D eigenvalue weighted by atomic mass is 10.0. The van der Waals surface area contributed by atoms with Crippen molar-refractivity contribution < 1.29 is 14.3 Å². The first-order valence-corrected chi connectivity index (χ1v) is 11.4. The quantitative estimate of drug-likeness (QED) is 0.344. The maximum atomic E-state index is 12.8. The summed E-state index contributed by atoms with van der Waals surface area (Å²) < 4.78 is 4.76. The van der Waals surface area contributed by atoms with Gasteiger partial charge in [-0.3, -0.25) is 14.8 Å². The van der Waals surface area contributed by atoms with Gasteiger partial charge in [-0.1, -0.05) is 18.7 Å². The van der Waals surface area contributed by atoms with Crippen molar-refractivity contribution in [3.8, 4) is 0 Å². The van der Waals surface area contributed by atoms with E-state index in [0.29, 0.717) is 28.9 Å². The lowest BCUT2D eigenvalue weighted by Gasteiger charge is -2.17. The third-order valence-electron chi connectivity index (χ3n) is 5.21. The standard InChI is InChI=1S/C28H34N4O3/c1-8-29-17-26(18(2)3)30-16-20(5)31-21(6)22-10-9-11-24(15-22)32-27(33)23-12-13-25(19(4)14-23)28(34)35-7/h9-17,21,31H,2,8H2,1,3-7H3,(H,32,33)/b20-16+,29-17?,30-26?/t21-/m0/s1. The zero-order valence-electron chi connectivity index (χ0n) is 21.3. The second-order valence-corrected chi connectivity index (χ2v) is 8.20. The van der Waals surface area contributed by atoms with Crippen LogP contribution in [0.3, 0.4) is 0 Å². The van der Waals surface area contributed by atoms with E-state index in [0.717, 1.165) is 22.5 Å². The number of anilines is 1. The summed E-state index contributed by atoms with van der Waals surface area (Å²) >= 11 is 0. The largest absolute Gasteiger partial charge is 0.465 e. The molecule has 35 heavy (non-hydrogen) atoms. The maximum Gasteiger partial charge on any atom is 0.338 e. The van der Waals surface area contributed by atoms with E-state index in [4.69, 9.17) is 4.74 Å². The Hall–Kier alpha value is -4.00. The van der Waals surface area contributed by atoms with Crippen LogP contribution in [0.5, 0.6) is 0 Å². The van der Waals surface area contributed by atoms with Crippen molar-refractivity contribution in [2.45, 2.75) is 40.7 Å². The predicted octanol–water partition coefficient (Wildman–Crippen LogP) is 5.65. The van der Waals surface area contributed by atoms with E-state index in [9.17, 15) is 9.59 Å². The summed E-state index contributed by atoms with van der Waals surface area (Å²) in [5.41, 5.74) is 5.72. The molecule has 0 aliphatic carbocycles. The van der Waals surface area contributed by atoms with E-state index >= 15 is 0 Å². The van der Waals surface area contributed by atoms with Gasteiger partial charge < -0.3 is 15.4 Å². The number of aryl methyl sites for hydroxylation is 1. The first-order valence-electron chi connectivity index (χ1n) is 11.4. The van der Waals surface area contributed by atoms with E-state index in [1.165, 1.54) is 7.11 Å². The van der Waals surface area contributed by atoms with Crippen LogP contribution in [-0.4, -0.2) is 37.5 Å². The number of carbonyl (C=O) groups is 2. The molecule has 0 heterocycles. The van der Waals surface area contributed by atoms with Gasteiger partial charge in [0.15, 0.2) is 0 Å². The number of amides is 1.